The van der Waals surface area contributed by atoms with Gasteiger partial charge in [0.25, 0.3) is 11.1 Å². The topological polar surface area (TPSA) is 179 Å². The molecule has 4 aromatic carbocycles. The van der Waals surface area contributed by atoms with Crippen LogP contribution in [0.15, 0.2) is 125 Å². The van der Waals surface area contributed by atoms with Gasteiger partial charge in [-0.1, -0.05) is 92.5 Å². The molecule has 9 rings (SSSR count). The fourth-order valence-electron chi connectivity index (χ4n) is 7.97. The molecule has 0 aliphatic carbocycles. The van der Waals surface area contributed by atoms with Gasteiger partial charge >= 0.3 is 36.2 Å². The first-order chi connectivity index (χ1) is 32.7. The number of fused-ring (bicyclic) bond motifs is 2. The number of ether oxygens (including phenoxy) is 2. The Morgan fingerprint density at radius 1 is 0.643 bits per heavy atom. The summed E-state index contributed by atoms with van der Waals surface area (Å²) in [5, 5.41) is 9.44. The number of benzene rings is 4. The van der Waals surface area contributed by atoms with Crippen LogP contribution in [0, 0.1) is 0 Å². The Morgan fingerprint density at radius 3 is 1.50 bits per heavy atom. The van der Waals surface area contributed by atoms with Crippen LogP contribution < -0.4 is 41.4 Å². The summed E-state index contributed by atoms with van der Waals surface area (Å²) in [4.78, 5) is 72.5. The number of nitrogens with zero attached hydrogens (tertiary/aromatic N) is 8. The number of esters is 1. The van der Waals surface area contributed by atoms with Crippen molar-refractivity contribution < 1.29 is 39.7 Å². The minimum atomic E-state index is -0.435. The summed E-state index contributed by atoms with van der Waals surface area (Å²) in [5.41, 5.74) is 4.88. The molecule has 0 atom stereocenters. The summed E-state index contributed by atoms with van der Waals surface area (Å²) in [6.45, 7) is 4.85. The molecule has 4 aromatic heterocycles. The summed E-state index contributed by atoms with van der Waals surface area (Å²) >= 11 is 6.98. The van der Waals surface area contributed by atoms with Gasteiger partial charge in [0.1, 0.15) is 11.6 Å². The second-order valence-corrected chi connectivity index (χ2v) is 18.1. The standard InChI is InChI=1S/C24H23BrN4O4.C22H21BrN4O3.C4H8O.B.Li.H/c1-4-33-23(31)17-9-5-7-15(11-17)13-19-26-21-20(22(30)28(3)24(32)27(21)2)29(19)14-16-8-6-10-18(25)12-16;1-25-20-19(21(29)26(2)22(25)30)27(12-15-6-4-8-17(23)10-15)18(24-20)11-14-5-3-7-16(9-14)13-28;1-2-4-5-3-1;;;/h5-12H,4,13-14H2,1-3H3;3-10,28H,11-13H2,1-2H3;1-4H2;;;/q;;;;+1;-1. The maximum absolute atomic E-state index is 13.1. The van der Waals surface area contributed by atoms with Crippen LogP contribution in [-0.4, -0.2) is 76.7 Å². The average molecular weight is 1070 g/mol. The van der Waals surface area contributed by atoms with Crippen LogP contribution in [0.2, 0.25) is 0 Å². The molecule has 1 aliphatic rings. The fourth-order valence-corrected chi connectivity index (χ4v) is 8.86. The Labute approximate surface area is 436 Å². The molecule has 70 heavy (non-hydrogen) atoms. The number of hydrogen-bond donors (Lipinski definition) is 1. The van der Waals surface area contributed by atoms with Crippen molar-refractivity contribution >= 4 is 68.6 Å². The molecule has 1 saturated heterocycles. The number of aliphatic hydroxyl groups excluding tert-OH is 1. The van der Waals surface area contributed by atoms with Gasteiger partial charge in [0.15, 0.2) is 22.3 Å². The van der Waals surface area contributed by atoms with E-state index in [1.54, 1.807) is 39.2 Å². The molecule has 359 valence electrons. The first-order valence-electron chi connectivity index (χ1n) is 22.0. The molecule has 1 fully saturated rings. The summed E-state index contributed by atoms with van der Waals surface area (Å²) < 4.78 is 20.6. The quantitative estimate of drug-likeness (QED) is 0.150. The Balaban J connectivity index is 0.000000271. The van der Waals surface area contributed by atoms with Crippen LogP contribution >= 0.6 is 31.9 Å². The van der Waals surface area contributed by atoms with Crippen molar-refractivity contribution in [1.82, 2.24) is 37.4 Å². The SMILES string of the molecule is C1CCOC1.CCOC(=O)c1cccc(Cc2nc3c(c(=O)n(C)c(=O)n3C)n2Cc2cccc(Br)c2)c1.Cn1c(=O)c2c(nc(Cc3cccc(CO)c3)n2Cc2cccc(Br)c2)n(C)c1=O.[B].[H-].[Li+]. The van der Waals surface area contributed by atoms with E-state index in [2.05, 4.69) is 41.8 Å². The number of carbonyl (C=O) groups excluding carboxylic acids is 1. The smallest absolute Gasteiger partial charge is 1.00 e. The second kappa shape index (κ2) is 24.8. The van der Waals surface area contributed by atoms with Gasteiger partial charge < -0.3 is 25.1 Å². The number of carbonyl (C=O) groups is 1. The van der Waals surface area contributed by atoms with E-state index in [-0.39, 0.29) is 40.9 Å². The normalized spacial score (nSPS) is 11.8. The second-order valence-electron chi connectivity index (χ2n) is 16.3. The summed E-state index contributed by atoms with van der Waals surface area (Å²) in [5.74, 6) is 0.904. The van der Waals surface area contributed by atoms with Crippen molar-refractivity contribution in [3.8, 4) is 0 Å². The molecule has 0 bridgehead atoms. The van der Waals surface area contributed by atoms with Crippen molar-refractivity contribution in [2.24, 2.45) is 28.2 Å². The van der Waals surface area contributed by atoms with Crippen LogP contribution in [0.4, 0.5) is 0 Å². The Bertz CT molecular complexity index is 3390. The maximum Gasteiger partial charge on any atom is 1.00 e. The van der Waals surface area contributed by atoms with Crippen molar-refractivity contribution in [2.75, 3.05) is 19.8 Å². The van der Waals surface area contributed by atoms with Crippen LogP contribution in [0.25, 0.3) is 22.3 Å². The van der Waals surface area contributed by atoms with Gasteiger partial charge in [-0.05, 0) is 84.0 Å². The van der Waals surface area contributed by atoms with Crippen LogP contribution in [-0.2, 0) is 70.2 Å². The molecule has 0 saturated carbocycles. The first kappa shape index (κ1) is 55.1. The van der Waals surface area contributed by atoms with Gasteiger partial charge in [-0.3, -0.25) is 27.9 Å². The molecule has 0 spiro atoms. The molecule has 5 heterocycles. The van der Waals surface area contributed by atoms with E-state index in [1.807, 2.05) is 88.0 Å². The van der Waals surface area contributed by atoms with Crippen molar-refractivity contribution in [1.29, 1.82) is 0 Å². The van der Waals surface area contributed by atoms with Crippen LogP contribution in [0.3, 0.4) is 0 Å². The molecular weight excluding hydrogens is 1020 g/mol. The van der Waals surface area contributed by atoms with Crippen LogP contribution in [0.1, 0.15) is 71.0 Å². The van der Waals surface area contributed by atoms with Gasteiger partial charge in [0, 0.05) is 84.7 Å². The largest absolute Gasteiger partial charge is 1.00 e. The van der Waals surface area contributed by atoms with Crippen molar-refractivity contribution in [3.05, 3.63) is 193 Å². The van der Waals surface area contributed by atoms with E-state index in [9.17, 15) is 29.1 Å². The third-order valence-corrected chi connectivity index (χ3v) is 12.5. The summed E-state index contributed by atoms with van der Waals surface area (Å²) in [6, 6.07) is 30.4. The number of imidazole rings is 2. The van der Waals surface area contributed by atoms with Gasteiger partial charge in [-0.25, -0.2) is 24.4 Å². The molecule has 20 heteroatoms. The molecule has 8 aromatic rings. The predicted molar refractivity (Wildman–Crippen MR) is 274 cm³/mol. The number of aliphatic hydroxyl groups is 1. The van der Waals surface area contributed by atoms with E-state index < -0.39 is 22.9 Å². The van der Waals surface area contributed by atoms with E-state index in [1.165, 1.54) is 36.1 Å². The van der Waals surface area contributed by atoms with E-state index in [0.717, 1.165) is 59.1 Å². The van der Waals surface area contributed by atoms with E-state index in [4.69, 9.17) is 9.47 Å². The van der Waals surface area contributed by atoms with Gasteiger partial charge in [-0.2, -0.15) is 0 Å². The van der Waals surface area contributed by atoms with Gasteiger partial charge in [0.05, 0.1) is 18.8 Å². The monoisotopic (exact) mass is 1070 g/mol. The fraction of sp³-hybridized carbons (Fsp3) is 0.300. The first-order valence-corrected chi connectivity index (χ1v) is 23.6. The molecule has 3 radical (unpaired) electrons. The molecule has 16 nitrogen and oxygen atoms in total. The summed E-state index contributed by atoms with van der Waals surface area (Å²) in [6.07, 6.45) is 3.39. The number of hydrogen-bond acceptors (Lipinski definition) is 10. The van der Waals surface area contributed by atoms with E-state index in [0.29, 0.717) is 72.1 Å². The van der Waals surface area contributed by atoms with Gasteiger partial charge in [-0.15, -0.1) is 0 Å². The van der Waals surface area contributed by atoms with Crippen molar-refractivity contribution in [3.63, 3.8) is 0 Å². The third kappa shape index (κ3) is 12.6. The van der Waals surface area contributed by atoms with E-state index >= 15 is 0 Å². The maximum atomic E-state index is 13.1. The number of aromatic nitrogens is 8. The zero-order valence-corrected chi connectivity index (χ0v) is 43.2. The minimum Gasteiger partial charge on any atom is -1.00 e. The molecule has 0 amide bonds. The number of aryl methyl sites for hydroxylation is 2. The zero-order valence-electron chi connectivity index (χ0n) is 41.0. The molecule has 0 unspecified atom stereocenters. The Hall–Kier alpha value is -5.81. The van der Waals surface area contributed by atoms with Crippen LogP contribution in [0.5, 0.6) is 0 Å². The Morgan fingerprint density at radius 2 is 1.07 bits per heavy atom. The van der Waals surface area contributed by atoms with Gasteiger partial charge in [0.2, 0.25) is 0 Å². The predicted octanol–water partition coefficient (Wildman–Crippen LogP) is 2.87. The zero-order chi connectivity index (χ0) is 48.6. The minimum absolute atomic E-state index is 0. The third-order valence-electron chi connectivity index (χ3n) is 11.5. The summed E-state index contributed by atoms with van der Waals surface area (Å²) in [7, 11) is 6.16. The molecule has 1 aliphatic heterocycles. The number of halogens is 2. The molecule has 1 N–H and O–H groups in total. The molecular formula is C50H53BBr2LiN8O8. The van der Waals surface area contributed by atoms with Crippen molar-refractivity contribution in [2.45, 2.75) is 52.3 Å². The number of rotatable bonds is 11. The average Bonchev–Trinajstić information content (AvgIpc) is 4.11. The Kier molecular flexibility index (Phi) is 19.6.